The largest absolute Gasteiger partial charge is 0.480 e. The summed E-state index contributed by atoms with van der Waals surface area (Å²) < 4.78 is 5.17. The minimum absolute atomic E-state index is 0.0330. The number of amides is 2. The molecule has 0 aromatic heterocycles. The third kappa shape index (κ3) is 3.85. The zero-order valence-electron chi connectivity index (χ0n) is 13.0. The molecule has 2 unspecified atom stereocenters. The van der Waals surface area contributed by atoms with Crippen molar-refractivity contribution in [2.75, 3.05) is 20.2 Å². The van der Waals surface area contributed by atoms with E-state index >= 15 is 0 Å². The molecule has 6 heteroatoms. The zero-order chi connectivity index (χ0) is 15.5. The van der Waals surface area contributed by atoms with Gasteiger partial charge < -0.3 is 20.1 Å². The molecule has 1 rings (SSSR count). The standard InChI is InChI=1S/C14H26N2O4/c1-9(2)14(3,4)8-15-13(19)16-7-10(20-5)6-11(16)12(17)18/h9-11H,6-8H2,1-5H3,(H,15,19)(H,17,18). The van der Waals surface area contributed by atoms with E-state index in [0.717, 1.165) is 0 Å². The number of methoxy groups -OCH3 is 1. The molecule has 0 radical (unpaired) electrons. The molecule has 0 aromatic rings. The van der Waals surface area contributed by atoms with Gasteiger partial charge in [0.05, 0.1) is 6.10 Å². The smallest absolute Gasteiger partial charge is 0.326 e. The van der Waals surface area contributed by atoms with E-state index in [1.807, 2.05) is 0 Å². The molecule has 1 fully saturated rings. The third-order valence-corrected chi connectivity index (χ3v) is 4.40. The fourth-order valence-electron chi connectivity index (χ4n) is 2.04. The SMILES string of the molecule is COC1CC(C(=O)O)N(C(=O)NCC(C)(C)C(C)C)C1. The summed E-state index contributed by atoms with van der Waals surface area (Å²) in [6, 6.07) is -1.13. The second-order valence-corrected chi connectivity index (χ2v) is 6.40. The fourth-order valence-corrected chi connectivity index (χ4v) is 2.04. The molecule has 0 bridgehead atoms. The Balaban J connectivity index is 2.64. The number of hydrogen-bond acceptors (Lipinski definition) is 3. The van der Waals surface area contributed by atoms with Crippen molar-refractivity contribution in [3.63, 3.8) is 0 Å². The summed E-state index contributed by atoms with van der Waals surface area (Å²) in [4.78, 5) is 24.8. The van der Waals surface area contributed by atoms with Gasteiger partial charge in [0.25, 0.3) is 0 Å². The van der Waals surface area contributed by atoms with Crippen LogP contribution in [0, 0.1) is 11.3 Å². The van der Waals surface area contributed by atoms with Crippen LogP contribution in [-0.2, 0) is 9.53 Å². The lowest BCUT2D eigenvalue weighted by Crippen LogP contribution is -2.48. The number of carboxylic acids is 1. The highest BCUT2D eigenvalue weighted by molar-refractivity contribution is 5.83. The summed E-state index contributed by atoms with van der Waals surface area (Å²) in [5.41, 5.74) is -0.0330. The number of hydrogen-bond donors (Lipinski definition) is 2. The minimum Gasteiger partial charge on any atom is -0.480 e. The van der Waals surface area contributed by atoms with Gasteiger partial charge in [0.1, 0.15) is 6.04 Å². The van der Waals surface area contributed by atoms with Gasteiger partial charge >= 0.3 is 12.0 Å². The first-order chi connectivity index (χ1) is 9.19. The Hall–Kier alpha value is -1.30. The van der Waals surface area contributed by atoms with Crippen molar-refractivity contribution >= 4 is 12.0 Å². The Kier molecular flexibility index (Phi) is 5.39. The summed E-state index contributed by atoms with van der Waals surface area (Å²) in [7, 11) is 1.53. The van der Waals surface area contributed by atoms with E-state index in [9.17, 15) is 14.7 Å². The van der Waals surface area contributed by atoms with Gasteiger partial charge in [0.2, 0.25) is 0 Å². The maximum absolute atomic E-state index is 12.2. The Bertz CT molecular complexity index is 368. The third-order valence-electron chi connectivity index (χ3n) is 4.40. The quantitative estimate of drug-likeness (QED) is 0.803. The number of likely N-dealkylation sites (tertiary alicyclic amines) is 1. The molecule has 2 atom stereocenters. The van der Waals surface area contributed by atoms with Gasteiger partial charge in [-0.05, 0) is 11.3 Å². The van der Waals surface area contributed by atoms with Crippen LogP contribution in [0.4, 0.5) is 4.79 Å². The lowest BCUT2D eigenvalue weighted by molar-refractivity contribution is -0.141. The second-order valence-electron chi connectivity index (χ2n) is 6.40. The zero-order valence-corrected chi connectivity index (χ0v) is 13.0. The van der Waals surface area contributed by atoms with Gasteiger partial charge in [-0.25, -0.2) is 9.59 Å². The molecule has 2 N–H and O–H groups in total. The summed E-state index contributed by atoms with van der Waals surface area (Å²) in [6.45, 7) is 9.20. The fraction of sp³-hybridized carbons (Fsp3) is 0.857. The highest BCUT2D eigenvalue weighted by Gasteiger charge is 2.40. The van der Waals surface area contributed by atoms with E-state index in [0.29, 0.717) is 25.4 Å². The van der Waals surface area contributed by atoms with Gasteiger partial charge in [-0.2, -0.15) is 0 Å². The molecule has 1 heterocycles. The minimum atomic E-state index is -0.984. The molecule has 116 valence electrons. The molecular formula is C14H26N2O4. The van der Waals surface area contributed by atoms with Crippen LogP contribution in [0.25, 0.3) is 0 Å². The Morgan fingerprint density at radius 2 is 2.05 bits per heavy atom. The lowest BCUT2D eigenvalue weighted by atomic mass is 9.81. The highest BCUT2D eigenvalue weighted by Crippen LogP contribution is 2.25. The van der Waals surface area contributed by atoms with Crippen molar-refractivity contribution in [2.24, 2.45) is 11.3 Å². The van der Waals surface area contributed by atoms with Crippen LogP contribution in [-0.4, -0.2) is 54.4 Å². The van der Waals surface area contributed by atoms with Crippen LogP contribution in [0.2, 0.25) is 0 Å². The topological polar surface area (TPSA) is 78.9 Å². The number of carbonyl (C=O) groups excluding carboxylic acids is 1. The van der Waals surface area contributed by atoms with Gasteiger partial charge in [-0.3, -0.25) is 0 Å². The second kappa shape index (κ2) is 6.43. The molecule has 6 nitrogen and oxygen atoms in total. The Morgan fingerprint density at radius 1 is 1.45 bits per heavy atom. The summed E-state index contributed by atoms with van der Waals surface area (Å²) in [6.07, 6.45) is 0.132. The first-order valence-electron chi connectivity index (χ1n) is 6.99. The molecule has 0 saturated carbocycles. The molecule has 20 heavy (non-hydrogen) atoms. The van der Waals surface area contributed by atoms with Crippen molar-refractivity contribution in [2.45, 2.75) is 46.3 Å². The molecule has 1 saturated heterocycles. The highest BCUT2D eigenvalue weighted by atomic mass is 16.5. The number of carbonyl (C=O) groups is 2. The Labute approximate surface area is 120 Å². The number of ether oxygens (including phenoxy) is 1. The van der Waals surface area contributed by atoms with E-state index in [-0.39, 0.29) is 17.6 Å². The van der Waals surface area contributed by atoms with Crippen LogP contribution >= 0.6 is 0 Å². The predicted octanol–water partition coefficient (Wildman–Crippen LogP) is 1.55. The van der Waals surface area contributed by atoms with Gasteiger partial charge in [-0.15, -0.1) is 0 Å². The van der Waals surface area contributed by atoms with Crippen molar-refractivity contribution in [1.29, 1.82) is 0 Å². The molecule has 1 aliphatic rings. The normalized spacial score (nSPS) is 23.2. The predicted molar refractivity (Wildman–Crippen MR) is 75.6 cm³/mol. The average molecular weight is 286 g/mol. The number of nitrogens with one attached hydrogen (secondary N) is 1. The van der Waals surface area contributed by atoms with E-state index < -0.39 is 12.0 Å². The first kappa shape index (κ1) is 16.8. The Morgan fingerprint density at radius 3 is 2.50 bits per heavy atom. The molecule has 1 aliphatic heterocycles. The monoisotopic (exact) mass is 286 g/mol. The van der Waals surface area contributed by atoms with Gasteiger partial charge in [0.15, 0.2) is 0 Å². The number of nitrogens with zero attached hydrogens (tertiary/aromatic N) is 1. The molecular weight excluding hydrogens is 260 g/mol. The van der Waals surface area contributed by atoms with Crippen molar-refractivity contribution in [3.8, 4) is 0 Å². The van der Waals surface area contributed by atoms with Gasteiger partial charge in [0, 0.05) is 26.6 Å². The van der Waals surface area contributed by atoms with Gasteiger partial charge in [-0.1, -0.05) is 27.7 Å². The van der Waals surface area contributed by atoms with E-state index in [1.165, 1.54) is 12.0 Å². The van der Waals surface area contributed by atoms with Crippen molar-refractivity contribution < 1.29 is 19.4 Å². The van der Waals surface area contributed by atoms with Crippen LogP contribution in [0.15, 0.2) is 0 Å². The van der Waals surface area contributed by atoms with Crippen molar-refractivity contribution in [3.05, 3.63) is 0 Å². The number of urea groups is 1. The van der Waals surface area contributed by atoms with E-state index in [2.05, 4.69) is 33.0 Å². The molecule has 0 aromatic carbocycles. The number of carboxylic acid groups (broad SMARTS) is 1. The lowest BCUT2D eigenvalue weighted by Gasteiger charge is -2.31. The van der Waals surface area contributed by atoms with E-state index in [1.54, 1.807) is 0 Å². The average Bonchev–Trinajstić information content (AvgIpc) is 2.80. The van der Waals surface area contributed by atoms with Crippen LogP contribution in [0.5, 0.6) is 0 Å². The van der Waals surface area contributed by atoms with Crippen LogP contribution in [0.3, 0.4) is 0 Å². The number of aliphatic carboxylic acids is 1. The van der Waals surface area contributed by atoms with Crippen LogP contribution in [0.1, 0.15) is 34.1 Å². The molecule has 0 spiro atoms. The number of rotatable bonds is 5. The first-order valence-corrected chi connectivity index (χ1v) is 6.99. The van der Waals surface area contributed by atoms with Crippen molar-refractivity contribution in [1.82, 2.24) is 10.2 Å². The maximum atomic E-state index is 12.2. The summed E-state index contributed by atoms with van der Waals surface area (Å²) in [5.74, 6) is -0.564. The van der Waals surface area contributed by atoms with E-state index in [4.69, 9.17) is 4.74 Å². The summed E-state index contributed by atoms with van der Waals surface area (Å²) >= 11 is 0. The van der Waals surface area contributed by atoms with Crippen LogP contribution < -0.4 is 5.32 Å². The molecule has 0 aliphatic carbocycles. The maximum Gasteiger partial charge on any atom is 0.326 e. The molecule has 2 amide bonds. The summed E-state index contributed by atoms with van der Waals surface area (Å²) in [5, 5.41) is 12.0.